The molecule has 3 aromatic rings. The first kappa shape index (κ1) is 37.7. The molecule has 4 atom stereocenters. The third-order valence-corrected chi connectivity index (χ3v) is 10.9. The van der Waals surface area contributed by atoms with Crippen molar-refractivity contribution in [3.8, 4) is 11.1 Å². The topological polar surface area (TPSA) is 101 Å². The Labute approximate surface area is 301 Å². The number of likely N-dealkylation sites (tertiary alicyclic amines) is 1. The molecule has 8 nitrogen and oxygen atoms in total. The van der Waals surface area contributed by atoms with E-state index in [0.717, 1.165) is 63.6 Å². The lowest BCUT2D eigenvalue weighted by Crippen LogP contribution is -2.42. The van der Waals surface area contributed by atoms with Crippen LogP contribution in [0.3, 0.4) is 0 Å². The van der Waals surface area contributed by atoms with Crippen LogP contribution in [0, 0.1) is 25.6 Å². The second-order valence-corrected chi connectivity index (χ2v) is 15.6. The first-order valence-electron chi connectivity index (χ1n) is 18.1. The van der Waals surface area contributed by atoms with E-state index < -0.39 is 47.7 Å². The van der Waals surface area contributed by atoms with Crippen LogP contribution in [0.1, 0.15) is 97.5 Å². The number of aliphatic carboxylic acids is 1. The summed E-state index contributed by atoms with van der Waals surface area (Å²) in [4.78, 5) is 42.1. The third kappa shape index (κ3) is 7.83. The summed E-state index contributed by atoms with van der Waals surface area (Å²) in [5.41, 5.74) is 3.47. The molecule has 6 rings (SSSR count). The standard InChI is InChI=1S/C40H47F4N3O5/c1-22(2)11-34(47-19-26(32(16-35(47)48)40(42,43)44)9-10-46-21-39(5)18-29(46)20-52-39)38(51)45-33(17-36(49)50)27-14-25-7-6-8-30(25)31(15-27)37-23(3)12-28(41)13-24(37)4/h12-16,19,22,29,33-34H,6-11,17-18,20-21H2,1-5H3,(H,45,51)(H,49,50)/t29-,33+,34+,39-/m0/s1. The van der Waals surface area contributed by atoms with Crippen molar-refractivity contribution in [3.63, 3.8) is 0 Å². The summed E-state index contributed by atoms with van der Waals surface area (Å²) in [5, 5.41) is 12.9. The predicted molar refractivity (Wildman–Crippen MR) is 189 cm³/mol. The Morgan fingerprint density at radius 2 is 1.81 bits per heavy atom. The average Bonchev–Trinajstić information content (AvgIpc) is 3.75. The van der Waals surface area contributed by atoms with Crippen LogP contribution in [0.15, 0.2) is 41.3 Å². The number of fused-ring (bicyclic) bond motifs is 3. The minimum atomic E-state index is -4.78. The lowest BCUT2D eigenvalue weighted by molar-refractivity contribution is -0.139. The Morgan fingerprint density at radius 1 is 1.10 bits per heavy atom. The highest BCUT2D eigenvalue weighted by molar-refractivity contribution is 5.82. The van der Waals surface area contributed by atoms with Gasteiger partial charge < -0.3 is 19.7 Å². The number of nitrogens with zero attached hydrogens (tertiary/aromatic N) is 2. The quantitative estimate of drug-likeness (QED) is 0.193. The number of pyridine rings is 1. The minimum Gasteiger partial charge on any atom is -0.481 e. The number of halogens is 4. The number of alkyl halides is 3. The number of rotatable bonds is 12. The fourth-order valence-corrected chi connectivity index (χ4v) is 8.62. The van der Waals surface area contributed by atoms with Gasteiger partial charge >= 0.3 is 12.1 Å². The van der Waals surface area contributed by atoms with Crippen molar-refractivity contribution in [3.05, 3.63) is 91.6 Å². The number of ether oxygens (including phenoxy) is 1. The molecule has 1 aliphatic carbocycles. The number of amides is 1. The number of hydrogen-bond donors (Lipinski definition) is 2. The van der Waals surface area contributed by atoms with Crippen molar-refractivity contribution in [2.75, 3.05) is 19.7 Å². The second kappa shape index (κ2) is 14.4. The van der Waals surface area contributed by atoms with Gasteiger partial charge in [0.2, 0.25) is 5.91 Å². The molecule has 2 N–H and O–H groups in total. The number of morpholine rings is 1. The molecule has 2 aromatic carbocycles. The molecule has 0 unspecified atom stereocenters. The van der Waals surface area contributed by atoms with Crippen molar-refractivity contribution in [1.29, 1.82) is 0 Å². The van der Waals surface area contributed by atoms with Gasteiger partial charge in [-0.25, -0.2) is 4.39 Å². The van der Waals surface area contributed by atoms with Crippen LogP contribution in [0.5, 0.6) is 0 Å². The van der Waals surface area contributed by atoms with Crippen molar-refractivity contribution in [2.24, 2.45) is 5.92 Å². The highest BCUT2D eigenvalue weighted by atomic mass is 19.4. The van der Waals surface area contributed by atoms with E-state index in [2.05, 4.69) is 10.2 Å². The van der Waals surface area contributed by atoms with Crippen LogP contribution in [0.2, 0.25) is 0 Å². The highest BCUT2D eigenvalue weighted by Gasteiger charge is 2.47. The molecule has 3 aliphatic rings. The number of carbonyl (C=O) groups is 2. The smallest absolute Gasteiger partial charge is 0.416 e. The number of aromatic nitrogens is 1. The average molecular weight is 726 g/mol. The summed E-state index contributed by atoms with van der Waals surface area (Å²) in [5.74, 6) is -2.31. The molecule has 2 saturated heterocycles. The number of nitrogens with one attached hydrogen (secondary N) is 1. The lowest BCUT2D eigenvalue weighted by Gasteiger charge is -2.31. The van der Waals surface area contributed by atoms with Crippen LogP contribution in [-0.2, 0) is 39.8 Å². The van der Waals surface area contributed by atoms with E-state index in [0.29, 0.717) is 31.3 Å². The second-order valence-electron chi connectivity index (χ2n) is 15.6. The molecule has 280 valence electrons. The normalized spacial score (nSPS) is 21.1. The summed E-state index contributed by atoms with van der Waals surface area (Å²) in [6.07, 6.45) is -0.670. The molecular formula is C40H47F4N3O5. The lowest BCUT2D eigenvalue weighted by atomic mass is 9.87. The summed E-state index contributed by atoms with van der Waals surface area (Å²) in [7, 11) is 0. The van der Waals surface area contributed by atoms with Gasteiger partial charge in [-0.2, -0.15) is 13.2 Å². The molecule has 0 radical (unpaired) electrons. The molecule has 0 saturated carbocycles. The van der Waals surface area contributed by atoms with Gasteiger partial charge in [0.1, 0.15) is 11.9 Å². The molecule has 0 spiro atoms. The largest absolute Gasteiger partial charge is 0.481 e. The fourth-order valence-electron chi connectivity index (χ4n) is 8.62. The van der Waals surface area contributed by atoms with Crippen molar-refractivity contribution >= 4 is 11.9 Å². The number of benzene rings is 2. The number of carboxylic acid groups (broad SMARTS) is 1. The van der Waals surface area contributed by atoms with Gasteiger partial charge in [-0.05, 0) is 128 Å². The van der Waals surface area contributed by atoms with E-state index >= 15 is 0 Å². The van der Waals surface area contributed by atoms with Crippen LogP contribution in [0.4, 0.5) is 17.6 Å². The van der Waals surface area contributed by atoms with Crippen molar-refractivity contribution in [2.45, 2.75) is 109 Å². The SMILES string of the molecule is Cc1cc(F)cc(C)c1-c1cc([C@@H](CC(=O)O)NC(=O)[C@@H](CC(C)C)n2cc(CCN3C[C@]4(C)C[C@H]3CO4)c(C(F)(F)F)cc2=O)cc2c1CCC2. The Kier molecular flexibility index (Phi) is 10.5. The maximum atomic E-state index is 14.3. The molecule has 52 heavy (non-hydrogen) atoms. The number of hydrogen-bond acceptors (Lipinski definition) is 5. The summed E-state index contributed by atoms with van der Waals surface area (Å²) in [6.45, 7) is 10.8. The van der Waals surface area contributed by atoms with E-state index in [4.69, 9.17) is 4.74 Å². The molecule has 2 aliphatic heterocycles. The monoisotopic (exact) mass is 725 g/mol. The van der Waals surface area contributed by atoms with Gasteiger partial charge in [0.05, 0.1) is 30.2 Å². The predicted octanol–water partition coefficient (Wildman–Crippen LogP) is 7.10. The Bertz CT molecular complexity index is 1920. The Balaban J connectivity index is 1.36. The molecular weight excluding hydrogens is 678 g/mol. The number of carbonyl (C=O) groups excluding carboxylic acids is 1. The van der Waals surface area contributed by atoms with Gasteiger partial charge in [-0.1, -0.05) is 19.9 Å². The summed E-state index contributed by atoms with van der Waals surface area (Å²) >= 11 is 0. The van der Waals surface area contributed by atoms with Crippen LogP contribution in [-0.4, -0.2) is 57.8 Å². The zero-order valence-electron chi connectivity index (χ0n) is 30.3. The summed E-state index contributed by atoms with van der Waals surface area (Å²) < 4.78 is 64.1. The van der Waals surface area contributed by atoms with Crippen LogP contribution in [0.25, 0.3) is 11.1 Å². The zero-order valence-corrected chi connectivity index (χ0v) is 30.3. The van der Waals surface area contributed by atoms with Gasteiger partial charge in [0.15, 0.2) is 0 Å². The van der Waals surface area contributed by atoms with Crippen LogP contribution < -0.4 is 10.9 Å². The van der Waals surface area contributed by atoms with Crippen molar-refractivity contribution < 1.29 is 37.0 Å². The molecule has 2 bridgehead atoms. The number of carboxylic acids is 1. The van der Waals surface area contributed by atoms with Crippen LogP contribution >= 0.6 is 0 Å². The number of aryl methyl sites for hydroxylation is 3. The van der Waals surface area contributed by atoms with E-state index in [1.165, 1.54) is 18.3 Å². The van der Waals surface area contributed by atoms with Gasteiger partial charge in [-0.3, -0.25) is 19.3 Å². The minimum absolute atomic E-state index is 0.0134. The summed E-state index contributed by atoms with van der Waals surface area (Å²) in [6, 6.07) is 5.18. The van der Waals surface area contributed by atoms with Gasteiger partial charge in [0, 0.05) is 31.4 Å². The van der Waals surface area contributed by atoms with E-state index in [-0.39, 0.29) is 41.8 Å². The fraction of sp³-hybridized carbons (Fsp3) is 0.525. The third-order valence-electron chi connectivity index (χ3n) is 10.9. The Morgan fingerprint density at radius 3 is 2.40 bits per heavy atom. The molecule has 1 amide bonds. The molecule has 2 fully saturated rings. The van der Waals surface area contributed by atoms with Crippen molar-refractivity contribution in [1.82, 2.24) is 14.8 Å². The molecule has 12 heteroatoms. The van der Waals surface area contributed by atoms with E-state index in [1.807, 2.05) is 46.8 Å². The molecule has 3 heterocycles. The highest BCUT2D eigenvalue weighted by Crippen LogP contribution is 2.40. The first-order valence-corrected chi connectivity index (χ1v) is 18.1. The maximum absolute atomic E-state index is 14.3. The molecule has 1 aromatic heterocycles. The van der Waals surface area contributed by atoms with E-state index in [1.54, 1.807) is 0 Å². The van der Waals surface area contributed by atoms with Gasteiger partial charge in [-0.15, -0.1) is 0 Å². The first-order chi connectivity index (χ1) is 24.4. The maximum Gasteiger partial charge on any atom is 0.416 e. The zero-order chi connectivity index (χ0) is 37.7. The van der Waals surface area contributed by atoms with E-state index in [9.17, 15) is 37.1 Å². The Hall–Kier alpha value is -4.03. The van der Waals surface area contributed by atoms with Gasteiger partial charge in [0.25, 0.3) is 5.56 Å².